The van der Waals surface area contributed by atoms with Crippen molar-refractivity contribution in [2.75, 3.05) is 0 Å². The summed E-state index contributed by atoms with van der Waals surface area (Å²) in [6.07, 6.45) is 4.97. The van der Waals surface area contributed by atoms with E-state index in [2.05, 4.69) is 48.4 Å². The van der Waals surface area contributed by atoms with Gasteiger partial charge < -0.3 is 5.32 Å². The van der Waals surface area contributed by atoms with Gasteiger partial charge in [0.15, 0.2) is 0 Å². The zero-order valence-electron chi connectivity index (χ0n) is 11.9. The predicted octanol–water partition coefficient (Wildman–Crippen LogP) is 3.10. The number of nitrogens with zero attached hydrogens (tertiary/aromatic N) is 3. The molecule has 4 nitrogen and oxygen atoms in total. The van der Waals surface area contributed by atoms with E-state index in [9.17, 15) is 0 Å². The second kappa shape index (κ2) is 6.48. The predicted molar refractivity (Wildman–Crippen MR) is 76.7 cm³/mol. The minimum Gasteiger partial charge on any atom is -0.303 e. The summed E-state index contributed by atoms with van der Waals surface area (Å²) in [4.78, 5) is 4.35. The highest BCUT2D eigenvalue weighted by Gasteiger charge is 2.08. The molecule has 0 radical (unpaired) electrons. The zero-order valence-corrected chi connectivity index (χ0v) is 11.9. The van der Waals surface area contributed by atoms with Gasteiger partial charge in [-0.15, -0.1) is 0 Å². The molecule has 2 rings (SSSR count). The van der Waals surface area contributed by atoms with Crippen LogP contribution in [0.25, 0.3) is 0 Å². The number of aromatic nitrogens is 3. The first kappa shape index (κ1) is 13.7. The van der Waals surface area contributed by atoms with Gasteiger partial charge in [0.2, 0.25) is 0 Å². The molecule has 2 unspecified atom stereocenters. The summed E-state index contributed by atoms with van der Waals surface area (Å²) in [5.74, 6) is 0. The van der Waals surface area contributed by atoms with Gasteiger partial charge >= 0.3 is 0 Å². The van der Waals surface area contributed by atoms with Gasteiger partial charge in [-0.25, -0.2) is 0 Å². The van der Waals surface area contributed by atoms with E-state index in [1.165, 1.54) is 0 Å². The van der Waals surface area contributed by atoms with Crippen LogP contribution in [0.1, 0.15) is 50.7 Å². The van der Waals surface area contributed by atoms with E-state index in [0.29, 0.717) is 6.04 Å². The molecule has 4 heteroatoms. The largest absolute Gasteiger partial charge is 0.303 e. The third kappa shape index (κ3) is 3.64. The molecule has 2 aromatic heterocycles. The minimum absolute atomic E-state index is 0.231. The van der Waals surface area contributed by atoms with E-state index in [1.54, 1.807) is 0 Å². The van der Waals surface area contributed by atoms with Gasteiger partial charge in [-0.1, -0.05) is 13.0 Å². The maximum absolute atomic E-state index is 4.58. The lowest BCUT2D eigenvalue weighted by molar-refractivity contribution is 0.467. The molecule has 0 spiro atoms. The highest BCUT2D eigenvalue weighted by Crippen LogP contribution is 2.11. The Hall–Kier alpha value is -1.68. The van der Waals surface area contributed by atoms with Crippen molar-refractivity contribution in [1.82, 2.24) is 20.1 Å². The fourth-order valence-electron chi connectivity index (χ4n) is 1.90. The molecule has 19 heavy (non-hydrogen) atoms. The number of rotatable bonds is 6. The van der Waals surface area contributed by atoms with E-state index in [-0.39, 0.29) is 6.04 Å². The zero-order chi connectivity index (χ0) is 13.7. The normalized spacial score (nSPS) is 14.3. The summed E-state index contributed by atoms with van der Waals surface area (Å²) in [5.41, 5.74) is 2.13. The number of pyridine rings is 1. The van der Waals surface area contributed by atoms with Crippen LogP contribution in [0.2, 0.25) is 0 Å². The monoisotopic (exact) mass is 258 g/mol. The molecule has 0 saturated heterocycles. The number of hydrogen-bond donors (Lipinski definition) is 1. The maximum atomic E-state index is 4.58. The van der Waals surface area contributed by atoms with E-state index in [4.69, 9.17) is 0 Å². The van der Waals surface area contributed by atoms with Crippen LogP contribution in [-0.4, -0.2) is 14.8 Å². The smallest absolute Gasteiger partial charge is 0.0762 e. The highest BCUT2D eigenvalue weighted by atomic mass is 15.3. The molecule has 0 aliphatic heterocycles. The first-order valence-electron chi connectivity index (χ1n) is 6.89. The first-order chi connectivity index (χ1) is 9.20. The SMILES string of the molecule is CCC(C)n1ccc(CNC(C)c2ccccn2)n1. The molecule has 0 fully saturated rings. The second-order valence-corrected chi connectivity index (χ2v) is 4.90. The maximum Gasteiger partial charge on any atom is 0.0762 e. The average molecular weight is 258 g/mol. The summed E-state index contributed by atoms with van der Waals surface area (Å²) >= 11 is 0. The second-order valence-electron chi connectivity index (χ2n) is 4.90. The Bertz CT molecular complexity index is 492. The van der Waals surface area contributed by atoms with Crippen LogP contribution < -0.4 is 5.32 Å². The topological polar surface area (TPSA) is 42.7 Å². The molecule has 1 N–H and O–H groups in total. The van der Waals surface area contributed by atoms with E-state index in [1.807, 2.05) is 29.1 Å². The molecule has 0 aliphatic carbocycles. The third-order valence-corrected chi connectivity index (χ3v) is 3.43. The molecule has 2 heterocycles. The van der Waals surface area contributed by atoms with Crippen LogP contribution in [0, 0.1) is 0 Å². The molecule has 0 aliphatic rings. The van der Waals surface area contributed by atoms with E-state index < -0.39 is 0 Å². The number of hydrogen-bond acceptors (Lipinski definition) is 3. The first-order valence-corrected chi connectivity index (χ1v) is 6.89. The van der Waals surface area contributed by atoms with Crippen molar-refractivity contribution in [3.05, 3.63) is 48.0 Å². The van der Waals surface area contributed by atoms with Crippen molar-refractivity contribution in [3.63, 3.8) is 0 Å². The van der Waals surface area contributed by atoms with Crippen LogP contribution >= 0.6 is 0 Å². The van der Waals surface area contributed by atoms with Gasteiger partial charge in [-0.05, 0) is 38.5 Å². The Morgan fingerprint density at radius 1 is 1.26 bits per heavy atom. The third-order valence-electron chi connectivity index (χ3n) is 3.43. The Balaban J connectivity index is 1.90. The molecule has 2 aromatic rings. The van der Waals surface area contributed by atoms with Gasteiger partial charge in [0.05, 0.1) is 11.4 Å². The van der Waals surface area contributed by atoms with E-state index >= 15 is 0 Å². The van der Waals surface area contributed by atoms with Crippen molar-refractivity contribution < 1.29 is 0 Å². The van der Waals surface area contributed by atoms with Crippen LogP contribution in [-0.2, 0) is 6.54 Å². The Morgan fingerprint density at radius 2 is 2.11 bits per heavy atom. The summed E-state index contributed by atoms with van der Waals surface area (Å²) < 4.78 is 2.03. The average Bonchev–Trinajstić information content (AvgIpc) is 2.93. The van der Waals surface area contributed by atoms with Gasteiger partial charge in [-0.2, -0.15) is 5.10 Å². The summed E-state index contributed by atoms with van der Waals surface area (Å²) in [7, 11) is 0. The molecule has 0 amide bonds. The highest BCUT2D eigenvalue weighted by molar-refractivity contribution is 5.08. The summed E-state index contributed by atoms with van der Waals surface area (Å²) in [6, 6.07) is 8.75. The van der Waals surface area contributed by atoms with Crippen LogP contribution in [0.15, 0.2) is 36.7 Å². The quantitative estimate of drug-likeness (QED) is 0.865. The molecule has 2 atom stereocenters. The summed E-state index contributed by atoms with van der Waals surface area (Å²) in [5, 5.41) is 8.03. The molecular formula is C15H22N4. The Kier molecular flexibility index (Phi) is 4.68. The van der Waals surface area contributed by atoms with Gasteiger partial charge in [0.1, 0.15) is 0 Å². The lowest BCUT2D eigenvalue weighted by Gasteiger charge is -2.12. The van der Waals surface area contributed by atoms with Crippen LogP contribution in [0.4, 0.5) is 0 Å². The standard InChI is InChI=1S/C15H22N4/c1-4-12(2)19-10-8-14(18-19)11-17-13(3)15-7-5-6-9-16-15/h5-10,12-13,17H,4,11H2,1-3H3. The van der Waals surface area contributed by atoms with Crippen molar-refractivity contribution in [2.24, 2.45) is 0 Å². The van der Waals surface area contributed by atoms with Gasteiger partial charge in [0, 0.05) is 31.0 Å². The fraction of sp³-hybridized carbons (Fsp3) is 0.467. The fourth-order valence-corrected chi connectivity index (χ4v) is 1.90. The van der Waals surface area contributed by atoms with Crippen LogP contribution in [0.3, 0.4) is 0 Å². The summed E-state index contributed by atoms with van der Waals surface area (Å²) in [6.45, 7) is 7.24. The lowest BCUT2D eigenvalue weighted by atomic mass is 10.2. The Morgan fingerprint density at radius 3 is 2.79 bits per heavy atom. The number of nitrogens with one attached hydrogen (secondary N) is 1. The Labute approximate surface area is 114 Å². The van der Waals surface area contributed by atoms with Crippen LogP contribution in [0.5, 0.6) is 0 Å². The van der Waals surface area contributed by atoms with Crippen molar-refractivity contribution in [2.45, 2.75) is 45.8 Å². The van der Waals surface area contributed by atoms with E-state index in [0.717, 1.165) is 24.4 Å². The van der Waals surface area contributed by atoms with Gasteiger partial charge in [-0.3, -0.25) is 9.67 Å². The van der Waals surface area contributed by atoms with Crippen molar-refractivity contribution in [3.8, 4) is 0 Å². The molecule has 0 aromatic carbocycles. The molecule has 0 bridgehead atoms. The lowest BCUT2D eigenvalue weighted by Crippen LogP contribution is -2.19. The molecule has 0 saturated carbocycles. The molecular weight excluding hydrogens is 236 g/mol. The minimum atomic E-state index is 0.231. The van der Waals surface area contributed by atoms with Gasteiger partial charge in [0.25, 0.3) is 0 Å². The van der Waals surface area contributed by atoms with Crippen molar-refractivity contribution >= 4 is 0 Å². The van der Waals surface area contributed by atoms with Crippen molar-refractivity contribution in [1.29, 1.82) is 0 Å². The molecule has 102 valence electrons.